The summed E-state index contributed by atoms with van der Waals surface area (Å²) < 4.78 is 24.2. The second-order valence-corrected chi connectivity index (χ2v) is 6.22. The van der Waals surface area contributed by atoms with Gasteiger partial charge in [0.25, 0.3) is 0 Å². The molecule has 5 nitrogen and oxygen atoms in total. The fraction of sp³-hybridized carbons (Fsp3) is 0.900. The van der Waals surface area contributed by atoms with Crippen LogP contribution in [0.1, 0.15) is 34.1 Å². The first-order chi connectivity index (χ1) is 7.18. The lowest BCUT2D eigenvalue weighted by molar-refractivity contribution is -0.122. The molecule has 0 fully saturated rings. The summed E-state index contributed by atoms with van der Waals surface area (Å²) in [4.78, 5) is 11.5. The molecular formula is C10H22N2O3S. The lowest BCUT2D eigenvalue weighted by Gasteiger charge is -2.25. The zero-order valence-corrected chi connectivity index (χ0v) is 11.5. The third kappa shape index (κ3) is 5.46. The van der Waals surface area contributed by atoms with Crippen molar-refractivity contribution in [2.24, 2.45) is 0 Å². The highest BCUT2D eigenvalue weighted by Gasteiger charge is 2.24. The Morgan fingerprint density at radius 3 is 2.12 bits per heavy atom. The topological polar surface area (TPSA) is 66.5 Å². The van der Waals surface area contributed by atoms with Crippen LogP contribution in [0.25, 0.3) is 0 Å². The molecule has 0 aliphatic rings. The van der Waals surface area contributed by atoms with Gasteiger partial charge in [-0.1, -0.05) is 6.92 Å². The van der Waals surface area contributed by atoms with Crippen LogP contribution in [0.4, 0.5) is 0 Å². The van der Waals surface area contributed by atoms with Gasteiger partial charge in [-0.2, -0.15) is 4.31 Å². The zero-order chi connectivity index (χ0) is 12.9. The second kappa shape index (κ2) is 6.20. The molecule has 1 N–H and O–H groups in total. The Hall–Kier alpha value is -0.620. The maximum absolute atomic E-state index is 11.5. The quantitative estimate of drug-likeness (QED) is 0.749. The summed E-state index contributed by atoms with van der Waals surface area (Å²) in [6, 6.07) is -0.140. The summed E-state index contributed by atoms with van der Waals surface area (Å²) in [5, 5.41) is 2.68. The van der Waals surface area contributed by atoms with E-state index in [2.05, 4.69) is 5.32 Å². The third-order valence-electron chi connectivity index (χ3n) is 2.26. The van der Waals surface area contributed by atoms with E-state index >= 15 is 0 Å². The molecule has 6 heteroatoms. The third-order valence-corrected chi connectivity index (χ3v) is 3.60. The van der Waals surface area contributed by atoms with Gasteiger partial charge in [0, 0.05) is 12.1 Å². The summed E-state index contributed by atoms with van der Waals surface area (Å²) in [6.07, 6.45) is 1.81. The first-order valence-electron chi connectivity index (χ1n) is 5.44. The van der Waals surface area contributed by atoms with Crippen LogP contribution in [0.3, 0.4) is 0 Å². The number of sulfonamides is 1. The molecule has 1 amide bonds. The van der Waals surface area contributed by atoms with Gasteiger partial charge in [-0.05, 0) is 27.2 Å². The summed E-state index contributed by atoms with van der Waals surface area (Å²) in [5.41, 5.74) is 0. The Morgan fingerprint density at radius 2 is 1.81 bits per heavy atom. The van der Waals surface area contributed by atoms with E-state index in [0.29, 0.717) is 6.42 Å². The Balaban J connectivity index is 4.64. The van der Waals surface area contributed by atoms with Gasteiger partial charge >= 0.3 is 0 Å². The van der Waals surface area contributed by atoms with Gasteiger partial charge in [0.05, 0.1) is 12.8 Å². The van der Waals surface area contributed by atoms with Gasteiger partial charge < -0.3 is 5.32 Å². The molecule has 0 bridgehead atoms. The van der Waals surface area contributed by atoms with E-state index in [1.54, 1.807) is 6.92 Å². The molecule has 0 saturated carbocycles. The Morgan fingerprint density at radius 1 is 1.31 bits per heavy atom. The monoisotopic (exact) mass is 250 g/mol. The fourth-order valence-electron chi connectivity index (χ4n) is 1.31. The van der Waals surface area contributed by atoms with E-state index in [-0.39, 0.29) is 24.5 Å². The van der Waals surface area contributed by atoms with Crippen molar-refractivity contribution in [2.45, 2.75) is 46.2 Å². The summed E-state index contributed by atoms with van der Waals surface area (Å²) in [7, 11) is -3.33. The van der Waals surface area contributed by atoms with Crippen molar-refractivity contribution >= 4 is 15.9 Å². The van der Waals surface area contributed by atoms with E-state index in [1.165, 1.54) is 4.31 Å². The number of carbonyl (C=O) groups is 1. The van der Waals surface area contributed by atoms with E-state index in [4.69, 9.17) is 0 Å². The molecule has 0 aromatic carbocycles. The number of nitrogens with zero attached hydrogens (tertiary/aromatic N) is 1. The average Bonchev–Trinajstić information content (AvgIpc) is 2.10. The molecule has 0 spiro atoms. The predicted molar refractivity (Wildman–Crippen MR) is 64.6 cm³/mol. The lowest BCUT2D eigenvalue weighted by atomic mass is 10.2. The molecule has 0 aromatic rings. The molecule has 16 heavy (non-hydrogen) atoms. The summed E-state index contributed by atoms with van der Waals surface area (Å²) in [5.74, 6) is -0.263. The first-order valence-corrected chi connectivity index (χ1v) is 7.29. The van der Waals surface area contributed by atoms with Crippen LogP contribution in [0.2, 0.25) is 0 Å². The van der Waals surface area contributed by atoms with Crippen LogP contribution in [-0.2, 0) is 14.8 Å². The maximum Gasteiger partial charge on any atom is 0.235 e. The van der Waals surface area contributed by atoms with Crippen molar-refractivity contribution in [1.29, 1.82) is 0 Å². The molecule has 0 aliphatic carbocycles. The summed E-state index contributed by atoms with van der Waals surface area (Å²) >= 11 is 0. The minimum atomic E-state index is -3.33. The Labute approximate surface area is 98.3 Å². The number of carbonyl (C=O) groups excluding carboxylic acids is 1. The minimum absolute atomic E-state index is 0.0193. The molecule has 96 valence electrons. The number of amides is 1. The Kier molecular flexibility index (Phi) is 5.96. The van der Waals surface area contributed by atoms with E-state index in [9.17, 15) is 13.2 Å². The lowest BCUT2D eigenvalue weighted by Crippen LogP contribution is -2.46. The molecule has 0 heterocycles. The van der Waals surface area contributed by atoms with Crippen LogP contribution >= 0.6 is 0 Å². The van der Waals surface area contributed by atoms with E-state index < -0.39 is 10.0 Å². The molecule has 0 rings (SSSR count). The molecular weight excluding hydrogens is 228 g/mol. The van der Waals surface area contributed by atoms with Crippen molar-refractivity contribution in [3.8, 4) is 0 Å². The number of hydrogen-bond donors (Lipinski definition) is 1. The highest BCUT2D eigenvalue weighted by atomic mass is 32.2. The molecule has 0 aromatic heterocycles. The number of nitrogens with one attached hydrogen (secondary N) is 1. The number of rotatable bonds is 6. The second-order valence-electron chi connectivity index (χ2n) is 4.29. The van der Waals surface area contributed by atoms with Gasteiger partial charge in [0.15, 0.2) is 0 Å². The van der Waals surface area contributed by atoms with Crippen molar-refractivity contribution in [3.05, 3.63) is 0 Å². The molecule has 0 radical (unpaired) electrons. The molecule has 0 saturated heterocycles. The molecule has 0 aliphatic heterocycles. The summed E-state index contributed by atoms with van der Waals surface area (Å²) in [6.45, 7) is 7.26. The highest BCUT2D eigenvalue weighted by molar-refractivity contribution is 7.88. The minimum Gasteiger partial charge on any atom is -0.353 e. The van der Waals surface area contributed by atoms with Crippen LogP contribution in [-0.4, -0.2) is 43.5 Å². The normalized spacial score (nSPS) is 14.2. The van der Waals surface area contributed by atoms with Gasteiger partial charge in [-0.25, -0.2) is 8.42 Å². The van der Waals surface area contributed by atoms with Crippen LogP contribution < -0.4 is 5.32 Å². The zero-order valence-electron chi connectivity index (χ0n) is 10.6. The Bertz CT molecular complexity index is 325. The number of hydrogen-bond acceptors (Lipinski definition) is 3. The van der Waals surface area contributed by atoms with Crippen molar-refractivity contribution in [1.82, 2.24) is 9.62 Å². The van der Waals surface area contributed by atoms with Gasteiger partial charge in [0.1, 0.15) is 0 Å². The average molecular weight is 250 g/mol. The maximum atomic E-state index is 11.5. The highest BCUT2D eigenvalue weighted by Crippen LogP contribution is 2.08. The standard InChI is InChI=1S/C10H22N2O3S/c1-6-9(4)12(16(5,14)15)7-10(13)11-8(2)3/h8-9H,6-7H2,1-5H3,(H,11,13). The smallest absolute Gasteiger partial charge is 0.235 e. The van der Waals surface area contributed by atoms with Crippen molar-refractivity contribution in [3.63, 3.8) is 0 Å². The van der Waals surface area contributed by atoms with Gasteiger partial charge in [0.2, 0.25) is 15.9 Å². The molecule has 1 unspecified atom stereocenters. The first kappa shape index (κ1) is 15.4. The fourth-order valence-corrected chi connectivity index (χ4v) is 2.47. The van der Waals surface area contributed by atoms with Gasteiger partial charge in [-0.3, -0.25) is 4.79 Å². The molecule has 1 atom stereocenters. The van der Waals surface area contributed by atoms with Crippen LogP contribution in [0.15, 0.2) is 0 Å². The van der Waals surface area contributed by atoms with Crippen molar-refractivity contribution in [2.75, 3.05) is 12.8 Å². The van der Waals surface area contributed by atoms with Crippen LogP contribution in [0.5, 0.6) is 0 Å². The van der Waals surface area contributed by atoms with E-state index in [1.807, 2.05) is 20.8 Å². The SMILES string of the molecule is CCC(C)N(CC(=O)NC(C)C)S(C)(=O)=O. The van der Waals surface area contributed by atoms with Crippen molar-refractivity contribution < 1.29 is 13.2 Å². The van der Waals surface area contributed by atoms with Gasteiger partial charge in [-0.15, -0.1) is 0 Å². The predicted octanol–water partition coefficient (Wildman–Crippen LogP) is 0.571. The largest absolute Gasteiger partial charge is 0.353 e. The van der Waals surface area contributed by atoms with Crippen LogP contribution in [0, 0.1) is 0 Å². The van der Waals surface area contributed by atoms with E-state index in [0.717, 1.165) is 6.26 Å².